The lowest BCUT2D eigenvalue weighted by Gasteiger charge is -2.37. The Morgan fingerprint density at radius 3 is 2.21 bits per heavy atom. The van der Waals surface area contributed by atoms with Crippen LogP contribution in [-0.2, 0) is 4.74 Å². The quantitative estimate of drug-likeness (QED) is 0.352. The van der Waals surface area contributed by atoms with Gasteiger partial charge in [-0.2, -0.15) is 0 Å². The molecule has 0 aliphatic heterocycles. The molecule has 0 aliphatic rings. The topological polar surface area (TPSA) is 26.3 Å². The first-order valence-electron chi connectivity index (χ1n) is 9.87. The van der Waals surface area contributed by atoms with Crippen molar-refractivity contribution >= 4 is 30.8 Å². The lowest BCUT2D eigenvalue weighted by Crippen LogP contribution is -2.52. The predicted octanol–water partition coefficient (Wildman–Crippen LogP) is 6.13. The van der Waals surface area contributed by atoms with Crippen LogP contribution in [-0.4, -0.2) is 20.1 Å². The van der Waals surface area contributed by atoms with Crippen LogP contribution in [0.25, 0.3) is 0 Å². The minimum atomic E-state index is -2.01. The van der Waals surface area contributed by atoms with E-state index in [2.05, 4.69) is 68.5 Å². The highest BCUT2D eigenvalue weighted by molar-refractivity contribution is 6.91. The number of halogens is 1. The molecule has 0 fully saturated rings. The third-order valence-corrected chi connectivity index (χ3v) is 9.97. The molecule has 0 aromatic heterocycles. The average molecular weight is 423 g/mol. The monoisotopic (exact) mass is 422 g/mol. The van der Waals surface area contributed by atoms with Crippen molar-refractivity contribution in [3.63, 3.8) is 0 Å². The van der Waals surface area contributed by atoms with Gasteiger partial charge in [0.05, 0.1) is 13.6 Å². The molecule has 0 N–H and O–H groups in total. The van der Waals surface area contributed by atoms with E-state index in [9.17, 15) is 4.79 Å². The molecule has 2 unspecified atom stereocenters. The third kappa shape index (κ3) is 4.98. The van der Waals surface area contributed by atoms with Gasteiger partial charge in [0.15, 0.2) is 0 Å². The molecule has 29 heavy (non-hydrogen) atoms. The summed E-state index contributed by atoms with van der Waals surface area (Å²) in [6.07, 6.45) is -0.272. The van der Waals surface area contributed by atoms with Crippen molar-refractivity contribution in [1.29, 1.82) is 0 Å². The largest absolute Gasteiger partial charge is 0.459 e. The Morgan fingerprint density at radius 1 is 0.931 bits per heavy atom. The third-order valence-electron chi connectivity index (χ3n) is 5.55. The minimum Gasteiger partial charge on any atom is -0.459 e. The van der Waals surface area contributed by atoms with Crippen molar-refractivity contribution in [1.82, 2.24) is 0 Å². The molecule has 2 nitrogen and oxygen atoms in total. The van der Waals surface area contributed by atoms with Crippen LogP contribution in [0.3, 0.4) is 0 Å². The summed E-state index contributed by atoms with van der Waals surface area (Å²) in [7, 11) is -2.01. The van der Waals surface area contributed by atoms with Crippen molar-refractivity contribution in [3.8, 4) is 0 Å². The molecule has 3 rings (SSSR count). The SMILES string of the molecule is Cc1ccc(C(C(C)OC(=O)c2cccc(Cl)c2)[Si](C)(C)c2ccccc2)cc1. The Bertz CT molecular complexity index is 968. The molecule has 0 radical (unpaired) electrons. The van der Waals surface area contributed by atoms with E-state index in [1.54, 1.807) is 24.3 Å². The van der Waals surface area contributed by atoms with Crippen LogP contribution in [0.5, 0.6) is 0 Å². The van der Waals surface area contributed by atoms with Gasteiger partial charge in [-0.05, 0) is 37.6 Å². The summed E-state index contributed by atoms with van der Waals surface area (Å²) in [4.78, 5) is 12.8. The Kier molecular flexibility index (Phi) is 6.61. The molecule has 3 aromatic rings. The summed E-state index contributed by atoms with van der Waals surface area (Å²) < 4.78 is 5.98. The fourth-order valence-corrected chi connectivity index (χ4v) is 7.88. The van der Waals surface area contributed by atoms with E-state index in [1.165, 1.54) is 16.3 Å². The van der Waals surface area contributed by atoms with E-state index in [1.807, 2.05) is 13.0 Å². The summed E-state index contributed by atoms with van der Waals surface area (Å²) in [5.74, 6) is -0.338. The van der Waals surface area contributed by atoms with Gasteiger partial charge in [-0.3, -0.25) is 0 Å². The highest BCUT2D eigenvalue weighted by Crippen LogP contribution is 2.33. The van der Waals surface area contributed by atoms with Crippen LogP contribution in [0.1, 0.15) is 33.9 Å². The lowest BCUT2D eigenvalue weighted by atomic mass is 10.1. The van der Waals surface area contributed by atoms with Gasteiger partial charge in [-0.15, -0.1) is 0 Å². The molecular weight excluding hydrogens is 396 g/mol. The second kappa shape index (κ2) is 8.98. The van der Waals surface area contributed by atoms with E-state index in [-0.39, 0.29) is 17.6 Å². The summed E-state index contributed by atoms with van der Waals surface area (Å²) in [5, 5.41) is 1.87. The van der Waals surface area contributed by atoms with Crippen LogP contribution in [0, 0.1) is 6.92 Å². The second-order valence-corrected chi connectivity index (χ2v) is 13.2. The van der Waals surface area contributed by atoms with Gasteiger partial charge in [-0.25, -0.2) is 4.79 Å². The lowest BCUT2D eigenvalue weighted by molar-refractivity contribution is 0.0327. The first-order chi connectivity index (χ1) is 13.8. The van der Waals surface area contributed by atoms with Crippen LogP contribution in [0.15, 0.2) is 78.9 Å². The maximum absolute atomic E-state index is 12.8. The van der Waals surface area contributed by atoms with Gasteiger partial charge in [0.25, 0.3) is 0 Å². The molecule has 150 valence electrons. The van der Waals surface area contributed by atoms with E-state index < -0.39 is 8.07 Å². The van der Waals surface area contributed by atoms with Crippen molar-refractivity contribution in [2.45, 2.75) is 38.6 Å². The van der Waals surface area contributed by atoms with Crippen molar-refractivity contribution < 1.29 is 9.53 Å². The molecule has 0 saturated carbocycles. The smallest absolute Gasteiger partial charge is 0.338 e. The standard InChI is InChI=1S/C25H27ClO2Si/c1-18-13-15-20(16-14-18)24(29(3,4)23-11-6-5-7-12-23)19(2)28-25(27)21-9-8-10-22(26)17-21/h5-17,19,24H,1-4H3. The van der Waals surface area contributed by atoms with Gasteiger partial charge in [0, 0.05) is 10.6 Å². The van der Waals surface area contributed by atoms with Gasteiger partial charge >= 0.3 is 5.97 Å². The summed E-state index contributed by atoms with van der Waals surface area (Å²) in [6, 6.07) is 26.1. The second-order valence-electron chi connectivity index (χ2n) is 8.10. The molecular formula is C25H27ClO2Si. The first-order valence-corrected chi connectivity index (χ1v) is 13.3. The average Bonchev–Trinajstić information content (AvgIpc) is 2.70. The fourth-order valence-electron chi connectivity index (χ4n) is 4.02. The van der Waals surface area contributed by atoms with Gasteiger partial charge in [0.1, 0.15) is 6.10 Å². The first kappa shape index (κ1) is 21.3. The van der Waals surface area contributed by atoms with Crippen LogP contribution < -0.4 is 5.19 Å². The Labute approximate surface area is 179 Å². The number of aryl methyl sites for hydroxylation is 1. The molecule has 2 atom stereocenters. The summed E-state index contributed by atoms with van der Waals surface area (Å²) >= 11 is 6.05. The number of rotatable bonds is 6. The fraction of sp³-hybridized carbons (Fsp3) is 0.240. The molecule has 0 heterocycles. The Morgan fingerprint density at radius 2 is 1.59 bits per heavy atom. The van der Waals surface area contributed by atoms with Crippen molar-refractivity contribution in [3.05, 3.63) is 101 Å². The van der Waals surface area contributed by atoms with E-state index in [4.69, 9.17) is 16.3 Å². The normalized spacial score (nSPS) is 13.6. The number of carbonyl (C=O) groups excluding carboxylic acids is 1. The number of hydrogen-bond donors (Lipinski definition) is 0. The van der Waals surface area contributed by atoms with Crippen molar-refractivity contribution in [2.75, 3.05) is 0 Å². The number of ether oxygens (including phenoxy) is 1. The van der Waals surface area contributed by atoms with Crippen molar-refractivity contribution in [2.24, 2.45) is 0 Å². The van der Waals surface area contributed by atoms with E-state index >= 15 is 0 Å². The molecule has 0 bridgehead atoms. The highest BCUT2D eigenvalue weighted by Gasteiger charge is 2.40. The zero-order valence-corrected chi connectivity index (χ0v) is 19.1. The molecule has 0 saturated heterocycles. The van der Waals surface area contributed by atoms with E-state index in [0.717, 1.165) is 0 Å². The maximum atomic E-state index is 12.8. The maximum Gasteiger partial charge on any atom is 0.338 e. The van der Waals surface area contributed by atoms with Gasteiger partial charge < -0.3 is 4.74 Å². The minimum absolute atomic E-state index is 0.119. The molecule has 3 aromatic carbocycles. The molecule has 0 aliphatic carbocycles. The predicted molar refractivity (Wildman–Crippen MR) is 124 cm³/mol. The van der Waals surface area contributed by atoms with Gasteiger partial charge in [0.2, 0.25) is 0 Å². The number of hydrogen-bond acceptors (Lipinski definition) is 2. The number of carbonyl (C=O) groups is 1. The Hall–Kier alpha value is -2.36. The van der Waals surface area contributed by atoms with Crippen LogP contribution in [0.2, 0.25) is 18.1 Å². The molecule has 0 amide bonds. The van der Waals surface area contributed by atoms with Crippen LogP contribution >= 0.6 is 11.6 Å². The molecule has 4 heteroatoms. The molecule has 0 spiro atoms. The highest BCUT2D eigenvalue weighted by atomic mass is 35.5. The van der Waals surface area contributed by atoms with Gasteiger partial charge in [-0.1, -0.05) is 96.1 Å². The number of benzene rings is 3. The summed E-state index contributed by atoms with van der Waals surface area (Å²) in [5.41, 5.74) is 3.03. The Balaban J connectivity index is 1.96. The summed E-state index contributed by atoms with van der Waals surface area (Å²) in [6.45, 7) is 8.78. The number of esters is 1. The zero-order chi connectivity index (χ0) is 21.0. The zero-order valence-electron chi connectivity index (χ0n) is 17.4. The van der Waals surface area contributed by atoms with Crippen LogP contribution in [0.4, 0.5) is 0 Å². The van der Waals surface area contributed by atoms with E-state index in [0.29, 0.717) is 10.6 Å².